The Labute approximate surface area is 101 Å². The highest BCUT2D eigenvalue weighted by molar-refractivity contribution is 7.89. The van der Waals surface area contributed by atoms with Gasteiger partial charge in [-0.25, -0.2) is 13.6 Å². The van der Waals surface area contributed by atoms with Crippen LogP contribution in [-0.4, -0.2) is 14.5 Å². The predicted molar refractivity (Wildman–Crippen MR) is 63.0 cm³/mol. The van der Waals surface area contributed by atoms with Crippen LogP contribution in [0, 0.1) is 25.2 Å². The summed E-state index contributed by atoms with van der Waals surface area (Å²) in [5, 5.41) is 13.7. The van der Waals surface area contributed by atoms with Gasteiger partial charge in [0, 0.05) is 0 Å². The number of rotatable bonds is 3. The minimum absolute atomic E-state index is 0.106. The standard InChI is InChI=1S/C11H14N2O3S/c1-7-4-10(16-9(3)6-12)5-8(2)11(7)17(13,14)15/h4-5,9H,1-3H3,(H2,13,14,15). The molecule has 0 aromatic heterocycles. The smallest absolute Gasteiger partial charge is 0.238 e. The first kappa shape index (κ1) is 13.5. The van der Waals surface area contributed by atoms with E-state index in [0.717, 1.165) is 0 Å². The second-order valence-electron chi connectivity index (χ2n) is 3.82. The van der Waals surface area contributed by atoms with Gasteiger partial charge in [-0.2, -0.15) is 5.26 Å². The number of sulfonamides is 1. The lowest BCUT2D eigenvalue weighted by Crippen LogP contribution is -2.16. The van der Waals surface area contributed by atoms with E-state index in [1.807, 2.05) is 6.07 Å². The normalized spacial score (nSPS) is 12.9. The number of ether oxygens (including phenoxy) is 1. The van der Waals surface area contributed by atoms with Crippen LogP contribution in [0.5, 0.6) is 5.75 Å². The fraction of sp³-hybridized carbons (Fsp3) is 0.364. The van der Waals surface area contributed by atoms with E-state index in [-0.39, 0.29) is 4.90 Å². The summed E-state index contributed by atoms with van der Waals surface area (Å²) in [6.45, 7) is 4.88. The molecule has 0 fully saturated rings. The van der Waals surface area contributed by atoms with Crippen molar-refractivity contribution >= 4 is 10.0 Å². The molecular formula is C11H14N2O3S. The van der Waals surface area contributed by atoms with Crippen LogP contribution < -0.4 is 9.88 Å². The Morgan fingerprint density at radius 3 is 2.18 bits per heavy atom. The Morgan fingerprint density at radius 1 is 1.35 bits per heavy atom. The van der Waals surface area contributed by atoms with E-state index in [9.17, 15) is 8.42 Å². The molecule has 92 valence electrons. The minimum Gasteiger partial charge on any atom is -0.476 e. The molecule has 0 saturated carbocycles. The first-order valence-electron chi connectivity index (χ1n) is 4.96. The van der Waals surface area contributed by atoms with E-state index in [4.69, 9.17) is 15.1 Å². The van der Waals surface area contributed by atoms with Crippen molar-refractivity contribution in [2.45, 2.75) is 31.8 Å². The Kier molecular flexibility index (Phi) is 3.76. The third-order valence-electron chi connectivity index (χ3n) is 2.21. The fourth-order valence-corrected chi connectivity index (χ4v) is 2.67. The summed E-state index contributed by atoms with van der Waals surface area (Å²) in [7, 11) is -3.74. The molecule has 1 aromatic carbocycles. The molecule has 0 heterocycles. The summed E-state index contributed by atoms with van der Waals surface area (Å²) < 4.78 is 28.0. The first-order chi connectivity index (χ1) is 7.75. The molecule has 0 aliphatic heterocycles. The van der Waals surface area contributed by atoms with Crippen molar-refractivity contribution in [2.24, 2.45) is 5.14 Å². The van der Waals surface area contributed by atoms with Gasteiger partial charge in [0.25, 0.3) is 0 Å². The Balaban J connectivity index is 3.25. The highest BCUT2D eigenvalue weighted by Crippen LogP contribution is 2.25. The maximum Gasteiger partial charge on any atom is 0.238 e. The molecule has 0 radical (unpaired) electrons. The van der Waals surface area contributed by atoms with Crippen molar-refractivity contribution in [3.8, 4) is 11.8 Å². The van der Waals surface area contributed by atoms with Crippen molar-refractivity contribution in [1.29, 1.82) is 5.26 Å². The monoisotopic (exact) mass is 254 g/mol. The van der Waals surface area contributed by atoms with Gasteiger partial charge in [-0.3, -0.25) is 0 Å². The summed E-state index contributed by atoms with van der Waals surface area (Å²) in [6.07, 6.45) is -0.589. The number of hydrogen-bond donors (Lipinski definition) is 1. The number of nitrogens with two attached hydrogens (primary N) is 1. The summed E-state index contributed by atoms with van der Waals surface area (Å²) >= 11 is 0. The summed E-state index contributed by atoms with van der Waals surface area (Å²) in [5.41, 5.74) is 1.01. The zero-order chi connectivity index (χ0) is 13.2. The van der Waals surface area contributed by atoms with Crippen LogP contribution in [0.4, 0.5) is 0 Å². The molecule has 1 rings (SSSR count). The zero-order valence-electron chi connectivity index (χ0n) is 9.89. The van der Waals surface area contributed by atoms with Crippen LogP contribution >= 0.6 is 0 Å². The van der Waals surface area contributed by atoms with Crippen molar-refractivity contribution in [3.05, 3.63) is 23.3 Å². The summed E-state index contributed by atoms with van der Waals surface area (Å²) in [6, 6.07) is 5.04. The lowest BCUT2D eigenvalue weighted by molar-refractivity contribution is 0.276. The first-order valence-corrected chi connectivity index (χ1v) is 6.50. The van der Waals surface area contributed by atoms with Gasteiger partial charge in [0.1, 0.15) is 11.8 Å². The number of nitrogens with zero attached hydrogens (tertiary/aromatic N) is 1. The molecule has 0 spiro atoms. The average molecular weight is 254 g/mol. The molecule has 0 aliphatic carbocycles. The molecule has 1 aromatic rings. The second-order valence-corrected chi connectivity index (χ2v) is 5.32. The van der Waals surface area contributed by atoms with Crippen molar-refractivity contribution in [1.82, 2.24) is 0 Å². The van der Waals surface area contributed by atoms with Gasteiger partial charge in [-0.1, -0.05) is 0 Å². The van der Waals surface area contributed by atoms with Crippen molar-refractivity contribution in [3.63, 3.8) is 0 Å². The van der Waals surface area contributed by atoms with Gasteiger partial charge in [0.05, 0.1) is 4.90 Å². The molecule has 2 N–H and O–H groups in total. The SMILES string of the molecule is Cc1cc(OC(C)C#N)cc(C)c1S(N)(=O)=O. The fourth-order valence-electron chi connectivity index (χ4n) is 1.66. The highest BCUT2D eigenvalue weighted by atomic mass is 32.2. The van der Waals surface area contributed by atoms with E-state index in [0.29, 0.717) is 16.9 Å². The number of nitriles is 1. The number of aryl methyl sites for hydroxylation is 2. The molecule has 6 heteroatoms. The van der Waals surface area contributed by atoms with Gasteiger partial charge >= 0.3 is 0 Å². The quantitative estimate of drug-likeness (QED) is 0.878. The van der Waals surface area contributed by atoms with Crippen LogP contribution in [0.3, 0.4) is 0 Å². The molecule has 1 unspecified atom stereocenters. The third-order valence-corrected chi connectivity index (χ3v) is 3.43. The zero-order valence-corrected chi connectivity index (χ0v) is 10.7. The number of benzene rings is 1. The second kappa shape index (κ2) is 4.73. The number of hydrogen-bond acceptors (Lipinski definition) is 4. The van der Waals surface area contributed by atoms with Gasteiger partial charge in [-0.05, 0) is 44.0 Å². The maximum absolute atomic E-state index is 11.3. The van der Waals surface area contributed by atoms with E-state index in [1.165, 1.54) is 0 Å². The van der Waals surface area contributed by atoms with Crippen LogP contribution in [0.15, 0.2) is 17.0 Å². The Hall–Kier alpha value is -1.58. The van der Waals surface area contributed by atoms with Gasteiger partial charge in [-0.15, -0.1) is 0 Å². The molecule has 0 amide bonds. The molecular weight excluding hydrogens is 240 g/mol. The van der Waals surface area contributed by atoms with Gasteiger partial charge < -0.3 is 4.74 Å². The lowest BCUT2D eigenvalue weighted by atomic mass is 10.1. The molecule has 1 atom stereocenters. The molecule has 5 nitrogen and oxygen atoms in total. The molecule has 0 aliphatic rings. The van der Waals surface area contributed by atoms with E-state index in [1.54, 1.807) is 32.9 Å². The molecule has 0 bridgehead atoms. The Morgan fingerprint density at radius 2 is 1.82 bits per heavy atom. The van der Waals surface area contributed by atoms with Crippen LogP contribution in [0.2, 0.25) is 0 Å². The van der Waals surface area contributed by atoms with Crippen molar-refractivity contribution < 1.29 is 13.2 Å². The average Bonchev–Trinajstić information content (AvgIpc) is 2.13. The van der Waals surface area contributed by atoms with Crippen LogP contribution in [-0.2, 0) is 10.0 Å². The van der Waals surface area contributed by atoms with E-state index >= 15 is 0 Å². The largest absolute Gasteiger partial charge is 0.476 e. The topological polar surface area (TPSA) is 93.2 Å². The maximum atomic E-state index is 11.3. The summed E-state index contributed by atoms with van der Waals surface area (Å²) in [4.78, 5) is 0.106. The minimum atomic E-state index is -3.74. The van der Waals surface area contributed by atoms with Crippen LogP contribution in [0.1, 0.15) is 18.1 Å². The Bertz CT molecular complexity index is 550. The van der Waals surface area contributed by atoms with E-state index < -0.39 is 16.1 Å². The van der Waals surface area contributed by atoms with Crippen molar-refractivity contribution in [2.75, 3.05) is 0 Å². The van der Waals surface area contributed by atoms with E-state index in [2.05, 4.69) is 0 Å². The number of primary sulfonamides is 1. The predicted octanol–water partition coefficient (Wildman–Crippen LogP) is 1.24. The van der Waals surface area contributed by atoms with Gasteiger partial charge in [0.15, 0.2) is 6.10 Å². The summed E-state index contributed by atoms with van der Waals surface area (Å²) in [5.74, 6) is 0.460. The molecule has 0 saturated heterocycles. The van der Waals surface area contributed by atoms with Crippen LogP contribution in [0.25, 0.3) is 0 Å². The third kappa shape index (κ3) is 3.19. The molecule has 17 heavy (non-hydrogen) atoms. The van der Waals surface area contributed by atoms with Gasteiger partial charge in [0.2, 0.25) is 10.0 Å². The highest BCUT2D eigenvalue weighted by Gasteiger charge is 2.16. The lowest BCUT2D eigenvalue weighted by Gasteiger charge is -2.12.